The Labute approximate surface area is 174 Å². The lowest BCUT2D eigenvalue weighted by atomic mass is 10.1. The molecule has 2 saturated heterocycles. The van der Waals surface area contributed by atoms with Gasteiger partial charge >= 0.3 is 0 Å². The van der Waals surface area contributed by atoms with Crippen LogP contribution in [0.15, 0.2) is 39.9 Å². The third kappa shape index (κ3) is 5.18. The van der Waals surface area contributed by atoms with Gasteiger partial charge in [0.25, 0.3) is 0 Å². The average Bonchev–Trinajstić information content (AvgIpc) is 3.40. The smallest absolute Gasteiger partial charge is 0.226 e. The van der Waals surface area contributed by atoms with Gasteiger partial charge < -0.3 is 19.5 Å². The van der Waals surface area contributed by atoms with Crippen molar-refractivity contribution >= 4 is 5.96 Å². The summed E-state index contributed by atoms with van der Waals surface area (Å²) in [5.41, 5.74) is 3.13. The fraction of sp³-hybridized carbons (Fsp3) is 0.565. The van der Waals surface area contributed by atoms with Crippen LogP contribution in [0.2, 0.25) is 0 Å². The van der Waals surface area contributed by atoms with Gasteiger partial charge in [0.2, 0.25) is 5.89 Å². The molecule has 1 N–H and O–H groups in total. The highest BCUT2D eigenvalue weighted by Gasteiger charge is 2.27. The van der Waals surface area contributed by atoms with Crippen molar-refractivity contribution in [1.29, 1.82) is 0 Å². The molecule has 6 nitrogen and oxygen atoms in total. The number of oxazole rings is 1. The van der Waals surface area contributed by atoms with Crippen molar-refractivity contribution in [2.75, 3.05) is 39.8 Å². The largest absolute Gasteiger partial charge is 0.444 e. The Kier molecular flexibility index (Phi) is 6.49. The number of aryl methyl sites for hydroxylation is 1. The summed E-state index contributed by atoms with van der Waals surface area (Å²) in [6.07, 6.45) is 7.11. The SMILES string of the molecule is CN=C(NCc1coc(-c2ccc(C)cc2)n1)N1CCC(CN2CCCCC2)C1. The van der Waals surface area contributed by atoms with Crippen LogP contribution in [0, 0.1) is 12.8 Å². The zero-order valence-corrected chi connectivity index (χ0v) is 17.7. The number of benzene rings is 1. The van der Waals surface area contributed by atoms with Crippen molar-refractivity contribution in [1.82, 2.24) is 20.1 Å². The molecule has 3 heterocycles. The quantitative estimate of drug-likeness (QED) is 0.620. The van der Waals surface area contributed by atoms with Gasteiger partial charge in [-0.1, -0.05) is 24.1 Å². The third-order valence-electron chi connectivity index (χ3n) is 6.04. The minimum Gasteiger partial charge on any atom is -0.444 e. The zero-order valence-electron chi connectivity index (χ0n) is 17.7. The highest BCUT2D eigenvalue weighted by atomic mass is 16.3. The second kappa shape index (κ2) is 9.44. The number of nitrogens with zero attached hydrogens (tertiary/aromatic N) is 4. The number of piperidine rings is 1. The van der Waals surface area contributed by atoms with Crippen molar-refractivity contribution in [3.63, 3.8) is 0 Å². The van der Waals surface area contributed by atoms with E-state index in [4.69, 9.17) is 4.42 Å². The summed E-state index contributed by atoms with van der Waals surface area (Å²) in [4.78, 5) is 14.2. The maximum Gasteiger partial charge on any atom is 0.226 e. The van der Waals surface area contributed by atoms with Gasteiger partial charge in [0.1, 0.15) is 6.26 Å². The van der Waals surface area contributed by atoms with E-state index >= 15 is 0 Å². The lowest BCUT2D eigenvalue weighted by Gasteiger charge is -2.29. The molecule has 1 unspecified atom stereocenters. The molecule has 6 heteroatoms. The normalized spacial score (nSPS) is 21.0. The summed E-state index contributed by atoms with van der Waals surface area (Å²) < 4.78 is 5.67. The standard InChI is InChI=1S/C23H33N5O/c1-18-6-8-20(9-7-18)22-26-21(17-29-22)14-25-23(24-2)28-13-10-19(16-28)15-27-11-4-3-5-12-27/h6-9,17,19H,3-5,10-16H2,1-2H3,(H,24,25). The van der Waals surface area contributed by atoms with Crippen LogP contribution < -0.4 is 5.32 Å². The van der Waals surface area contributed by atoms with E-state index in [1.54, 1.807) is 6.26 Å². The van der Waals surface area contributed by atoms with Crippen LogP contribution in [0.5, 0.6) is 0 Å². The highest BCUT2D eigenvalue weighted by Crippen LogP contribution is 2.21. The molecule has 1 atom stereocenters. The van der Waals surface area contributed by atoms with E-state index in [1.165, 1.54) is 50.9 Å². The Hall–Kier alpha value is -2.34. The van der Waals surface area contributed by atoms with Crippen molar-refractivity contribution in [2.45, 2.75) is 39.2 Å². The van der Waals surface area contributed by atoms with E-state index in [-0.39, 0.29) is 0 Å². The molecule has 156 valence electrons. The van der Waals surface area contributed by atoms with Crippen LogP contribution >= 0.6 is 0 Å². The molecule has 2 aromatic rings. The van der Waals surface area contributed by atoms with Gasteiger partial charge in [-0.25, -0.2) is 4.98 Å². The van der Waals surface area contributed by atoms with Gasteiger partial charge in [0.15, 0.2) is 5.96 Å². The molecule has 2 fully saturated rings. The monoisotopic (exact) mass is 395 g/mol. The van der Waals surface area contributed by atoms with Crippen LogP contribution in [0.4, 0.5) is 0 Å². The van der Waals surface area contributed by atoms with Gasteiger partial charge in [0, 0.05) is 32.2 Å². The molecule has 29 heavy (non-hydrogen) atoms. The third-order valence-corrected chi connectivity index (χ3v) is 6.04. The average molecular weight is 396 g/mol. The number of aromatic nitrogens is 1. The highest BCUT2D eigenvalue weighted by molar-refractivity contribution is 5.80. The van der Waals surface area contributed by atoms with Crippen LogP contribution in [0.3, 0.4) is 0 Å². The Balaban J connectivity index is 1.28. The van der Waals surface area contributed by atoms with Gasteiger partial charge in [-0.15, -0.1) is 0 Å². The molecule has 0 aliphatic carbocycles. The first-order valence-corrected chi connectivity index (χ1v) is 10.9. The van der Waals surface area contributed by atoms with E-state index < -0.39 is 0 Å². The summed E-state index contributed by atoms with van der Waals surface area (Å²) >= 11 is 0. The fourth-order valence-corrected chi connectivity index (χ4v) is 4.40. The van der Waals surface area contributed by atoms with Crippen molar-refractivity contribution < 1.29 is 4.42 Å². The van der Waals surface area contributed by atoms with Gasteiger partial charge in [0.05, 0.1) is 12.2 Å². The van der Waals surface area contributed by atoms with Crippen LogP contribution in [-0.4, -0.2) is 60.5 Å². The van der Waals surface area contributed by atoms with E-state index in [1.807, 2.05) is 19.2 Å². The van der Waals surface area contributed by atoms with E-state index in [0.29, 0.717) is 12.4 Å². The molecule has 4 rings (SSSR count). The minimum atomic E-state index is 0.620. The summed E-state index contributed by atoms with van der Waals surface area (Å²) in [5.74, 6) is 2.37. The van der Waals surface area contributed by atoms with E-state index in [2.05, 4.69) is 44.1 Å². The van der Waals surface area contributed by atoms with Crippen LogP contribution in [0.1, 0.15) is 36.9 Å². The number of aliphatic imine (C=N–C) groups is 1. The first-order chi connectivity index (χ1) is 14.2. The predicted molar refractivity (Wildman–Crippen MR) is 117 cm³/mol. The molecule has 1 aromatic carbocycles. The number of hydrogen-bond donors (Lipinski definition) is 1. The maximum atomic E-state index is 5.67. The number of likely N-dealkylation sites (tertiary alicyclic amines) is 2. The van der Waals surface area contributed by atoms with Crippen LogP contribution in [0.25, 0.3) is 11.5 Å². The second-order valence-electron chi connectivity index (χ2n) is 8.37. The number of rotatable bonds is 5. The van der Waals surface area contributed by atoms with Gasteiger partial charge in [-0.05, 0) is 57.3 Å². The minimum absolute atomic E-state index is 0.620. The molecule has 2 aliphatic rings. The first-order valence-electron chi connectivity index (χ1n) is 10.9. The Morgan fingerprint density at radius 2 is 1.97 bits per heavy atom. The summed E-state index contributed by atoms with van der Waals surface area (Å²) in [7, 11) is 1.86. The molecule has 0 bridgehead atoms. The lowest BCUT2D eigenvalue weighted by Crippen LogP contribution is -2.41. The fourth-order valence-electron chi connectivity index (χ4n) is 4.40. The molecular weight excluding hydrogens is 362 g/mol. The Bertz CT molecular complexity index is 807. The Morgan fingerprint density at radius 3 is 2.72 bits per heavy atom. The zero-order chi connectivity index (χ0) is 20.1. The van der Waals surface area contributed by atoms with Gasteiger partial charge in [-0.2, -0.15) is 0 Å². The number of guanidine groups is 1. The second-order valence-corrected chi connectivity index (χ2v) is 8.37. The molecule has 0 amide bonds. The van der Waals surface area contributed by atoms with Gasteiger partial charge in [-0.3, -0.25) is 4.99 Å². The van der Waals surface area contributed by atoms with Crippen LogP contribution in [-0.2, 0) is 6.54 Å². The van der Waals surface area contributed by atoms with Crippen molar-refractivity contribution in [3.05, 3.63) is 41.8 Å². The number of hydrogen-bond acceptors (Lipinski definition) is 4. The first kappa shape index (κ1) is 20.0. The summed E-state index contributed by atoms with van der Waals surface area (Å²) in [6.45, 7) is 8.65. The van der Waals surface area contributed by atoms with E-state index in [0.717, 1.165) is 36.2 Å². The topological polar surface area (TPSA) is 56.9 Å². The molecule has 2 aliphatic heterocycles. The van der Waals surface area contributed by atoms with E-state index in [9.17, 15) is 0 Å². The summed E-state index contributed by atoms with van der Waals surface area (Å²) in [6, 6.07) is 8.24. The maximum absolute atomic E-state index is 5.67. The van der Waals surface area contributed by atoms with Crippen molar-refractivity contribution in [2.24, 2.45) is 10.9 Å². The lowest BCUT2D eigenvalue weighted by molar-refractivity contribution is 0.198. The predicted octanol–water partition coefficient (Wildman–Crippen LogP) is 3.53. The molecule has 0 saturated carbocycles. The Morgan fingerprint density at radius 1 is 1.17 bits per heavy atom. The summed E-state index contributed by atoms with van der Waals surface area (Å²) in [5, 5.41) is 3.47. The number of nitrogens with one attached hydrogen (secondary N) is 1. The molecular formula is C23H33N5O. The molecule has 0 spiro atoms. The molecule has 0 radical (unpaired) electrons. The van der Waals surface area contributed by atoms with Crippen molar-refractivity contribution in [3.8, 4) is 11.5 Å². The molecule has 1 aromatic heterocycles.